The van der Waals surface area contributed by atoms with Crippen LogP contribution in [-0.2, 0) is 6.54 Å². The lowest BCUT2D eigenvalue weighted by atomic mass is 10.0. The molecule has 1 aromatic heterocycles. The fraction of sp³-hybridized carbons (Fsp3) is 0.368. The Kier molecular flexibility index (Phi) is 5.19. The largest absolute Gasteiger partial charge is 0.497 e. The van der Waals surface area contributed by atoms with Crippen LogP contribution >= 0.6 is 0 Å². The Morgan fingerprint density at radius 2 is 2.12 bits per heavy atom. The lowest BCUT2D eigenvalue weighted by molar-refractivity contribution is 0.0696. The Labute approximate surface area is 147 Å². The van der Waals surface area contributed by atoms with Gasteiger partial charge in [0.1, 0.15) is 11.5 Å². The van der Waals surface area contributed by atoms with Crippen molar-refractivity contribution in [3.63, 3.8) is 0 Å². The number of ether oxygens (including phenoxy) is 2. The van der Waals surface area contributed by atoms with E-state index in [9.17, 15) is 4.79 Å². The lowest BCUT2D eigenvalue weighted by Crippen LogP contribution is -2.23. The van der Waals surface area contributed by atoms with Crippen molar-refractivity contribution in [1.29, 1.82) is 0 Å². The molecule has 3 rings (SSSR count). The van der Waals surface area contributed by atoms with E-state index in [0.717, 1.165) is 42.0 Å². The summed E-state index contributed by atoms with van der Waals surface area (Å²) in [5.41, 5.74) is 2.25. The summed E-state index contributed by atoms with van der Waals surface area (Å²) in [6.45, 7) is 1.62. The molecule has 6 nitrogen and oxygen atoms in total. The van der Waals surface area contributed by atoms with E-state index in [1.165, 1.54) is 6.20 Å². The molecule has 1 fully saturated rings. The van der Waals surface area contributed by atoms with Crippen LogP contribution in [0.25, 0.3) is 0 Å². The van der Waals surface area contributed by atoms with Gasteiger partial charge in [0.2, 0.25) is 0 Å². The number of likely N-dealkylation sites (tertiary alicyclic amines) is 1. The van der Waals surface area contributed by atoms with Gasteiger partial charge in [-0.15, -0.1) is 0 Å². The first-order chi connectivity index (χ1) is 12.1. The Morgan fingerprint density at radius 3 is 2.84 bits per heavy atom. The number of hydrogen-bond acceptors (Lipinski definition) is 5. The highest BCUT2D eigenvalue weighted by Crippen LogP contribution is 2.39. The number of carbonyl (C=O) groups is 1. The second-order valence-corrected chi connectivity index (χ2v) is 6.12. The normalized spacial score (nSPS) is 17.4. The van der Waals surface area contributed by atoms with Crippen LogP contribution in [0.3, 0.4) is 0 Å². The zero-order valence-electron chi connectivity index (χ0n) is 14.4. The first-order valence-electron chi connectivity index (χ1n) is 8.25. The van der Waals surface area contributed by atoms with Gasteiger partial charge in [0.15, 0.2) is 0 Å². The quantitative estimate of drug-likeness (QED) is 0.869. The molecule has 0 saturated carbocycles. The van der Waals surface area contributed by atoms with Crippen molar-refractivity contribution in [1.82, 2.24) is 9.88 Å². The zero-order valence-corrected chi connectivity index (χ0v) is 14.4. The first-order valence-corrected chi connectivity index (χ1v) is 8.25. The molecule has 1 aliphatic heterocycles. The second kappa shape index (κ2) is 7.53. The van der Waals surface area contributed by atoms with Gasteiger partial charge >= 0.3 is 5.97 Å². The van der Waals surface area contributed by atoms with E-state index < -0.39 is 5.97 Å². The van der Waals surface area contributed by atoms with Crippen LogP contribution in [0.2, 0.25) is 0 Å². The van der Waals surface area contributed by atoms with Gasteiger partial charge < -0.3 is 14.6 Å². The Hall–Kier alpha value is -2.60. The fourth-order valence-electron chi connectivity index (χ4n) is 3.39. The summed E-state index contributed by atoms with van der Waals surface area (Å²) in [6.07, 6.45) is 5.23. The Bertz CT molecular complexity index is 763. The predicted molar refractivity (Wildman–Crippen MR) is 93.1 cm³/mol. The molecule has 1 atom stereocenters. The molecule has 6 heteroatoms. The minimum absolute atomic E-state index is 0.218. The average Bonchev–Trinajstić information content (AvgIpc) is 3.09. The topological polar surface area (TPSA) is 71.9 Å². The molecule has 1 unspecified atom stereocenters. The van der Waals surface area contributed by atoms with Crippen LogP contribution < -0.4 is 9.47 Å². The summed E-state index contributed by atoms with van der Waals surface area (Å²) in [5.74, 6) is 0.626. The highest BCUT2D eigenvalue weighted by molar-refractivity contribution is 5.87. The molecule has 1 aliphatic rings. The molecule has 0 radical (unpaired) electrons. The minimum Gasteiger partial charge on any atom is -0.497 e. The van der Waals surface area contributed by atoms with Crippen LogP contribution in [0.15, 0.2) is 36.7 Å². The van der Waals surface area contributed by atoms with Gasteiger partial charge in [0.25, 0.3) is 0 Å². The fourth-order valence-corrected chi connectivity index (χ4v) is 3.39. The van der Waals surface area contributed by atoms with E-state index in [-0.39, 0.29) is 11.6 Å². The van der Waals surface area contributed by atoms with Crippen molar-refractivity contribution in [2.45, 2.75) is 25.4 Å². The van der Waals surface area contributed by atoms with Gasteiger partial charge in [-0.2, -0.15) is 0 Å². The number of benzene rings is 1. The monoisotopic (exact) mass is 342 g/mol. The van der Waals surface area contributed by atoms with Crippen LogP contribution in [0.1, 0.15) is 40.4 Å². The Morgan fingerprint density at radius 1 is 1.28 bits per heavy atom. The van der Waals surface area contributed by atoms with Crippen molar-refractivity contribution in [3.05, 3.63) is 53.3 Å². The number of hydrogen-bond donors (Lipinski definition) is 1. The highest BCUT2D eigenvalue weighted by Gasteiger charge is 2.28. The molecule has 132 valence electrons. The molecule has 0 spiro atoms. The maximum atomic E-state index is 11.1. The molecule has 2 heterocycles. The predicted octanol–water partition coefficient (Wildman–Crippen LogP) is 3.13. The van der Waals surface area contributed by atoms with E-state index in [4.69, 9.17) is 14.6 Å². The number of aromatic nitrogens is 1. The molecular formula is C19H22N2O4. The number of carboxylic acid groups (broad SMARTS) is 1. The smallest absolute Gasteiger partial charge is 0.337 e. The molecule has 1 saturated heterocycles. The van der Waals surface area contributed by atoms with E-state index in [0.29, 0.717) is 6.54 Å². The minimum atomic E-state index is -0.954. The van der Waals surface area contributed by atoms with Crippen LogP contribution in [-0.4, -0.2) is 41.7 Å². The maximum Gasteiger partial charge on any atom is 0.337 e. The summed E-state index contributed by atoms with van der Waals surface area (Å²) in [5, 5.41) is 9.14. The third-order valence-corrected chi connectivity index (χ3v) is 4.59. The third kappa shape index (κ3) is 3.74. The summed E-state index contributed by atoms with van der Waals surface area (Å²) in [7, 11) is 3.30. The molecular weight excluding hydrogens is 320 g/mol. The van der Waals surface area contributed by atoms with Crippen LogP contribution in [0, 0.1) is 0 Å². The molecule has 1 aromatic carbocycles. The van der Waals surface area contributed by atoms with Gasteiger partial charge in [-0.1, -0.05) is 6.07 Å². The average molecular weight is 342 g/mol. The second-order valence-electron chi connectivity index (χ2n) is 6.12. The number of methoxy groups -OCH3 is 2. The first kappa shape index (κ1) is 17.2. The lowest BCUT2D eigenvalue weighted by Gasteiger charge is -2.26. The van der Waals surface area contributed by atoms with Gasteiger partial charge in [-0.05, 0) is 37.1 Å². The van der Waals surface area contributed by atoms with Gasteiger partial charge in [-0.3, -0.25) is 9.88 Å². The van der Waals surface area contributed by atoms with Gasteiger partial charge in [0, 0.05) is 36.6 Å². The Balaban J connectivity index is 1.83. The maximum absolute atomic E-state index is 11.1. The summed E-state index contributed by atoms with van der Waals surface area (Å²) >= 11 is 0. The van der Waals surface area contributed by atoms with Crippen LogP contribution in [0.4, 0.5) is 0 Å². The number of nitrogens with zero attached hydrogens (tertiary/aromatic N) is 2. The molecule has 1 N–H and O–H groups in total. The summed E-state index contributed by atoms with van der Waals surface area (Å²) in [6, 6.07) is 7.82. The third-order valence-electron chi connectivity index (χ3n) is 4.59. The van der Waals surface area contributed by atoms with E-state index in [1.54, 1.807) is 26.5 Å². The van der Waals surface area contributed by atoms with Gasteiger partial charge in [-0.25, -0.2) is 4.79 Å². The highest BCUT2D eigenvalue weighted by atomic mass is 16.5. The van der Waals surface area contributed by atoms with Crippen molar-refractivity contribution in [2.75, 3.05) is 20.8 Å². The summed E-state index contributed by atoms with van der Waals surface area (Å²) < 4.78 is 10.8. The van der Waals surface area contributed by atoms with Crippen molar-refractivity contribution < 1.29 is 19.4 Å². The standard InChI is InChI=1S/C19H22N2O4/c1-24-15-5-6-16(18(9-15)25-2)17-4-3-7-21(17)12-13-8-14(19(22)23)11-20-10-13/h5-6,8-11,17H,3-4,7,12H2,1-2H3,(H,22,23). The van der Waals surface area contributed by atoms with Crippen molar-refractivity contribution in [3.8, 4) is 11.5 Å². The van der Waals surface area contributed by atoms with E-state index in [2.05, 4.69) is 9.88 Å². The van der Waals surface area contributed by atoms with Gasteiger partial charge in [0.05, 0.1) is 19.8 Å². The van der Waals surface area contributed by atoms with Crippen molar-refractivity contribution in [2.24, 2.45) is 0 Å². The summed E-state index contributed by atoms with van der Waals surface area (Å²) in [4.78, 5) is 17.5. The molecule has 0 bridgehead atoms. The van der Waals surface area contributed by atoms with E-state index in [1.807, 2.05) is 18.2 Å². The SMILES string of the molecule is COc1ccc(C2CCCN2Cc2cncc(C(=O)O)c2)c(OC)c1. The molecule has 2 aromatic rings. The molecule has 25 heavy (non-hydrogen) atoms. The van der Waals surface area contributed by atoms with E-state index >= 15 is 0 Å². The molecule has 0 amide bonds. The number of pyridine rings is 1. The number of carboxylic acids is 1. The van der Waals surface area contributed by atoms with Crippen LogP contribution in [0.5, 0.6) is 11.5 Å². The van der Waals surface area contributed by atoms with Crippen molar-refractivity contribution >= 4 is 5.97 Å². The molecule has 0 aliphatic carbocycles. The zero-order chi connectivity index (χ0) is 17.8. The number of aromatic carboxylic acids is 1. The number of rotatable bonds is 6.